The zero-order valence-corrected chi connectivity index (χ0v) is 13.1. The van der Waals surface area contributed by atoms with Gasteiger partial charge in [0.15, 0.2) is 11.5 Å². The van der Waals surface area contributed by atoms with Crippen LogP contribution in [-0.4, -0.2) is 30.3 Å². The number of carboxylic acid groups (broad SMARTS) is 1. The summed E-state index contributed by atoms with van der Waals surface area (Å²) in [5.41, 5.74) is 0.489. The van der Waals surface area contributed by atoms with E-state index in [1.54, 1.807) is 42.5 Å². The molecule has 0 bridgehead atoms. The maximum Gasteiger partial charge on any atom is 0.337 e. The van der Waals surface area contributed by atoms with Gasteiger partial charge in [-0.3, -0.25) is 4.79 Å². The van der Waals surface area contributed by atoms with E-state index in [-0.39, 0.29) is 11.1 Å². The number of methoxy groups -OCH3 is 2. The lowest BCUT2D eigenvalue weighted by molar-refractivity contribution is 0.0699. The molecule has 2 N–H and O–H groups in total. The van der Waals surface area contributed by atoms with Crippen molar-refractivity contribution in [1.29, 1.82) is 0 Å². The maximum absolute atomic E-state index is 12.5. The van der Waals surface area contributed by atoms with Gasteiger partial charge in [-0.05, 0) is 23.8 Å². The normalized spacial score (nSPS) is 10.6. The third-order valence-corrected chi connectivity index (χ3v) is 3.81. The molecule has 0 radical (unpaired) electrons. The van der Waals surface area contributed by atoms with Crippen LogP contribution in [0.3, 0.4) is 0 Å². The fourth-order valence-electron chi connectivity index (χ4n) is 2.73. The van der Waals surface area contributed by atoms with Gasteiger partial charge in [-0.25, -0.2) is 4.79 Å². The monoisotopic (exact) mass is 325 g/mol. The smallest absolute Gasteiger partial charge is 0.337 e. The van der Waals surface area contributed by atoms with Gasteiger partial charge < -0.3 is 19.6 Å². The van der Waals surface area contributed by atoms with Crippen molar-refractivity contribution >= 4 is 16.9 Å². The van der Waals surface area contributed by atoms with Crippen molar-refractivity contribution in [2.75, 3.05) is 14.2 Å². The van der Waals surface area contributed by atoms with Gasteiger partial charge in [0, 0.05) is 10.9 Å². The third kappa shape index (κ3) is 2.48. The first-order valence-electron chi connectivity index (χ1n) is 7.17. The van der Waals surface area contributed by atoms with Gasteiger partial charge in [0.1, 0.15) is 0 Å². The predicted molar refractivity (Wildman–Crippen MR) is 90.1 cm³/mol. The molecule has 0 atom stereocenters. The summed E-state index contributed by atoms with van der Waals surface area (Å²) in [6.07, 6.45) is 0. The Morgan fingerprint density at radius 3 is 2.42 bits per heavy atom. The Balaban J connectivity index is 2.38. The lowest BCUT2D eigenvalue weighted by Gasteiger charge is -2.12. The van der Waals surface area contributed by atoms with Crippen molar-refractivity contribution in [2.24, 2.45) is 0 Å². The molecular weight excluding hydrogens is 310 g/mol. The molecule has 122 valence electrons. The SMILES string of the molecule is COc1ccc(-c2c(C(=O)O)c3ccccc3[nH]c2=O)cc1OC. The topological polar surface area (TPSA) is 88.6 Å². The van der Waals surface area contributed by atoms with Gasteiger partial charge in [0.2, 0.25) is 0 Å². The lowest BCUT2D eigenvalue weighted by Crippen LogP contribution is -2.16. The number of ether oxygens (including phenoxy) is 2. The van der Waals surface area contributed by atoms with E-state index >= 15 is 0 Å². The van der Waals surface area contributed by atoms with Crippen LogP contribution < -0.4 is 15.0 Å². The van der Waals surface area contributed by atoms with Crippen LogP contribution in [0.15, 0.2) is 47.3 Å². The number of nitrogens with one attached hydrogen (secondary N) is 1. The second-order valence-corrected chi connectivity index (χ2v) is 5.12. The van der Waals surface area contributed by atoms with Crippen molar-refractivity contribution in [1.82, 2.24) is 4.98 Å². The molecule has 0 saturated heterocycles. The molecule has 0 fully saturated rings. The van der Waals surface area contributed by atoms with Crippen molar-refractivity contribution in [3.63, 3.8) is 0 Å². The Kier molecular flexibility index (Phi) is 3.95. The van der Waals surface area contributed by atoms with Crippen molar-refractivity contribution in [3.8, 4) is 22.6 Å². The van der Waals surface area contributed by atoms with Crippen LogP contribution in [0.4, 0.5) is 0 Å². The summed E-state index contributed by atoms with van der Waals surface area (Å²) in [7, 11) is 2.98. The molecule has 1 heterocycles. The van der Waals surface area contributed by atoms with Gasteiger partial charge in [-0.15, -0.1) is 0 Å². The minimum absolute atomic E-state index is 0.0402. The number of H-pyrrole nitrogens is 1. The largest absolute Gasteiger partial charge is 0.493 e. The summed E-state index contributed by atoms with van der Waals surface area (Å²) in [5, 5.41) is 10.1. The van der Waals surface area contributed by atoms with Crippen LogP contribution in [0.2, 0.25) is 0 Å². The molecule has 1 aromatic heterocycles. The first-order valence-corrected chi connectivity index (χ1v) is 7.17. The molecule has 6 heteroatoms. The third-order valence-electron chi connectivity index (χ3n) is 3.81. The number of aromatic amines is 1. The van der Waals surface area contributed by atoms with Gasteiger partial charge >= 0.3 is 5.97 Å². The molecule has 6 nitrogen and oxygen atoms in total. The number of hydrogen-bond donors (Lipinski definition) is 2. The second-order valence-electron chi connectivity index (χ2n) is 5.12. The van der Waals surface area contributed by atoms with E-state index in [9.17, 15) is 14.7 Å². The van der Waals surface area contributed by atoms with Gasteiger partial charge in [-0.1, -0.05) is 24.3 Å². The highest BCUT2D eigenvalue weighted by Crippen LogP contribution is 2.33. The summed E-state index contributed by atoms with van der Waals surface area (Å²) in [5.74, 6) is -0.253. The number of benzene rings is 2. The Labute approximate surface area is 137 Å². The fourth-order valence-corrected chi connectivity index (χ4v) is 2.73. The van der Waals surface area contributed by atoms with E-state index in [1.807, 2.05) is 0 Å². The zero-order chi connectivity index (χ0) is 17.3. The van der Waals surface area contributed by atoms with E-state index in [0.717, 1.165) is 0 Å². The van der Waals surface area contributed by atoms with E-state index in [2.05, 4.69) is 4.98 Å². The van der Waals surface area contributed by atoms with E-state index in [4.69, 9.17) is 9.47 Å². The number of fused-ring (bicyclic) bond motifs is 1. The van der Waals surface area contributed by atoms with E-state index in [0.29, 0.717) is 28.0 Å². The zero-order valence-electron chi connectivity index (χ0n) is 13.1. The number of aromatic nitrogens is 1. The van der Waals surface area contributed by atoms with Crippen LogP contribution in [0.5, 0.6) is 11.5 Å². The molecule has 24 heavy (non-hydrogen) atoms. The van der Waals surface area contributed by atoms with Gasteiger partial charge in [0.05, 0.1) is 25.3 Å². The Morgan fingerprint density at radius 2 is 1.75 bits per heavy atom. The van der Waals surface area contributed by atoms with Gasteiger partial charge in [-0.2, -0.15) is 0 Å². The minimum atomic E-state index is -1.16. The first kappa shape index (κ1) is 15.6. The Bertz CT molecular complexity index is 990. The molecule has 0 spiro atoms. The number of rotatable bonds is 4. The Morgan fingerprint density at radius 1 is 1.04 bits per heavy atom. The maximum atomic E-state index is 12.5. The van der Waals surface area contributed by atoms with E-state index < -0.39 is 11.5 Å². The molecule has 0 aliphatic rings. The summed E-state index contributed by atoms with van der Waals surface area (Å²) in [6.45, 7) is 0. The highest BCUT2D eigenvalue weighted by Gasteiger charge is 2.20. The van der Waals surface area contributed by atoms with Crippen LogP contribution in [0.25, 0.3) is 22.0 Å². The van der Waals surface area contributed by atoms with Crippen molar-refractivity contribution in [2.45, 2.75) is 0 Å². The average molecular weight is 325 g/mol. The molecule has 0 aliphatic carbocycles. The number of pyridine rings is 1. The molecule has 3 rings (SSSR count). The average Bonchev–Trinajstić information content (AvgIpc) is 2.59. The number of carbonyl (C=O) groups is 1. The van der Waals surface area contributed by atoms with Crippen molar-refractivity contribution < 1.29 is 19.4 Å². The standard InChI is InChI=1S/C18H15NO5/c1-23-13-8-7-10(9-14(13)24-2)15-16(18(21)22)11-5-3-4-6-12(11)19-17(15)20/h3-9H,1-2H3,(H,19,20)(H,21,22). The fraction of sp³-hybridized carbons (Fsp3) is 0.111. The quantitative estimate of drug-likeness (QED) is 0.770. The number of carboxylic acids is 1. The molecule has 0 saturated carbocycles. The highest BCUT2D eigenvalue weighted by molar-refractivity contribution is 6.08. The Hall–Kier alpha value is -3.28. The van der Waals surface area contributed by atoms with E-state index in [1.165, 1.54) is 14.2 Å². The van der Waals surface area contributed by atoms with Crippen LogP contribution in [-0.2, 0) is 0 Å². The first-order chi connectivity index (χ1) is 11.6. The molecule has 0 amide bonds. The summed E-state index contributed by atoms with van der Waals surface area (Å²) in [6, 6.07) is 11.7. The van der Waals surface area contributed by atoms with Crippen LogP contribution in [0, 0.1) is 0 Å². The predicted octanol–water partition coefficient (Wildman–Crippen LogP) is 2.91. The second kappa shape index (κ2) is 6.08. The number of hydrogen-bond acceptors (Lipinski definition) is 4. The van der Waals surface area contributed by atoms with Gasteiger partial charge in [0.25, 0.3) is 5.56 Å². The number of para-hydroxylation sites is 1. The van der Waals surface area contributed by atoms with Crippen LogP contribution in [0.1, 0.15) is 10.4 Å². The molecular formula is C18H15NO5. The minimum Gasteiger partial charge on any atom is -0.493 e. The highest BCUT2D eigenvalue weighted by atomic mass is 16.5. The lowest BCUT2D eigenvalue weighted by atomic mass is 9.97. The molecule has 0 unspecified atom stereocenters. The van der Waals surface area contributed by atoms with Crippen LogP contribution >= 0.6 is 0 Å². The molecule has 2 aromatic carbocycles. The molecule has 0 aliphatic heterocycles. The summed E-state index contributed by atoms with van der Waals surface area (Å²) in [4.78, 5) is 27.1. The summed E-state index contributed by atoms with van der Waals surface area (Å²) >= 11 is 0. The summed E-state index contributed by atoms with van der Waals surface area (Å²) < 4.78 is 10.4. The number of aromatic carboxylic acids is 1. The molecule has 3 aromatic rings. The van der Waals surface area contributed by atoms with Crippen molar-refractivity contribution in [3.05, 3.63) is 58.4 Å².